The number of hydrogen-bond donors (Lipinski definition) is 2. The van der Waals surface area contributed by atoms with Crippen molar-refractivity contribution in [1.29, 1.82) is 0 Å². The molecule has 7 nitrogen and oxygen atoms in total. The van der Waals surface area contributed by atoms with E-state index in [-0.39, 0.29) is 11.4 Å². The number of carbonyl (C=O) groups is 1. The highest BCUT2D eigenvalue weighted by atomic mass is 19.4. The third-order valence-electron chi connectivity index (χ3n) is 2.20. The van der Waals surface area contributed by atoms with E-state index in [1.54, 1.807) is 0 Å². The van der Waals surface area contributed by atoms with Crippen LogP contribution in [-0.2, 0) is 9.53 Å². The normalized spacial score (nSPS) is 11.2. The Kier molecular flexibility index (Phi) is 5.47. The van der Waals surface area contributed by atoms with Gasteiger partial charge in [-0.15, -0.1) is 0 Å². The molecule has 0 unspecified atom stereocenters. The summed E-state index contributed by atoms with van der Waals surface area (Å²) in [5, 5.41) is 22.1. The quantitative estimate of drug-likeness (QED) is 0.363. The maximum absolute atomic E-state index is 11.8. The van der Waals surface area contributed by atoms with Crippen molar-refractivity contribution in [2.75, 3.05) is 18.5 Å². The summed E-state index contributed by atoms with van der Waals surface area (Å²) in [6, 6.07) is 3.00. The first-order chi connectivity index (χ1) is 9.69. The van der Waals surface area contributed by atoms with Crippen LogP contribution in [0.25, 0.3) is 0 Å². The molecule has 1 aromatic rings. The highest BCUT2D eigenvalue weighted by Gasteiger charge is 2.27. The van der Waals surface area contributed by atoms with Crippen LogP contribution in [0.15, 0.2) is 18.2 Å². The van der Waals surface area contributed by atoms with Crippen molar-refractivity contribution in [2.45, 2.75) is 12.6 Å². The number of nitrogens with one attached hydrogen (secondary N) is 1. The Morgan fingerprint density at radius 3 is 2.67 bits per heavy atom. The number of hydrogen-bond acceptors (Lipinski definition) is 5. The molecule has 0 aromatic heterocycles. The molecule has 1 amide bonds. The lowest BCUT2D eigenvalue weighted by Gasteiger charge is -2.09. The summed E-state index contributed by atoms with van der Waals surface area (Å²) in [6.07, 6.45) is -4.87. The Morgan fingerprint density at radius 1 is 1.43 bits per heavy atom. The van der Waals surface area contributed by atoms with E-state index < -0.39 is 42.4 Å². The van der Waals surface area contributed by atoms with Gasteiger partial charge in [-0.3, -0.25) is 14.9 Å². The van der Waals surface area contributed by atoms with Gasteiger partial charge in [0.25, 0.3) is 5.69 Å². The number of ether oxygens (including phenoxy) is 1. The van der Waals surface area contributed by atoms with E-state index in [4.69, 9.17) is 0 Å². The fraction of sp³-hybridized carbons (Fsp3) is 0.364. The predicted molar refractivity (Wildman–Crippen MR) is 64.9 cm³/mol. The van der Waals surface area contributed by atoms with E-state index in [1.807, 2.05) is 0 Å². The summed E-state index contributed by atoms with van der Waals surface area (Å²) in [5.41, 5.74) is -0.554. The van der Waals surface area contributed by atoms with Crippen LogP contribution in [-0.4, -0.2) is 35.3 Å². The van der Waals surface area contributed by atoms with Gasteiger partial charge in [0.15, 0.2) is 0 Å². The van der Waals surface area contributed by atoms with Gasteiger partial charge in [-0.2, -0.15) is 13.2 Å². The molecule has 0 aliphatic carbocycles. The fourth-order valence-electron chi connectivity index (χ4n) is 1.30. The van der Waals surface area contributed by atoms with E-state index >= 15 is 0 Å². The molecule has 0 fully saturated rings. The van der Waals surface area contributed by atoms with E-state index in [9.17, 15) is 33.2 Å². The number of phenolic OH excluding ortho intramolecular Hbond substituents is 1. The van der Waals surface area contributed by atoms with Crippen LogP contribution in [0.5, 0.6) is 5.75 Å². The highest BCUT2D eigenvalue weighted by molar-refractivity contribution is 5.92. The number of benzene rings is 1. The molecule has 1 aromatic carbocycles. The smallest absolute Gasteiger partial charge is 0.411 e. The topological polar surface area (TPSA) is 102 Å². The minimum absolute atomic E-state index is 0.204. The van der Waals surface area contributed by atoms with Crippen LogP contribution in [0.3, 0.4) is 0 Å². The summed E-state index contributed by atoms with van der Waals surface area (Å²) >= 11 is 0. The van der Waals surface area contributed by atoms with Crippen LogP contribution in [0.4, 0.5) is 24.5 Å². The monoisotopic (exact) mass is 308 g/mol. The van der Waals surface area contributed by atoms with Crippen LogP contribution < -0.4 is 5.32 Å². The average Bonchev–Trinajstić information content (AvgIpc) is 2.36. The Labute approximate surface area is 116 Å². The van der Waals surface area contributed by atoms with Gasteiger partial charge in [-0.05, 0) is 6.07 Å². The molecule has 0 spiro atoms. The number of rotatable bonds is 6. The number of nitro groups is 1. The van der Waals surface area contributed by atoms with Crippen LogP contribution in [0.1, 0.15) is 6.42 Å². The number of non-ortho nitro benzene ring substituents is 1. The number of anilines is 1. The lowest BCUT2D eigenvalue weighted by Crippen LogP contribution is -2.20. The van der Waals surface area contributed by atoms with Gasteiger partial charge in [0, 0.05) is 12.1 Å². The number of aromatic hydroxyl groups is 1. The second-order valence-electron chi connectivity index (χ2n) is 3.92. The fourth-order valence-corrected chi connectivity index (χ4v) is 1.30. The Morgan fingerprint density at radius 2 is 2.10 bits per heavy atom. The second kappa shape index (κ2) is 6.88. The average molecular weight is 308 g/mol. The molecule has 0 radical (unpaired) electrons. The SMILES string of the molecule is O=C(CCOCC(F)(F)F)Nc1cc([N+](=O)[O-])ccc1O. The molecule has 0 heterocycles. The molecule has 0 saturated heterocycles. The summed E-state index contributed by atoms with van der Waals surface area (Å²) in [4.78, 5) is 21.2. The Bertz CT molecular complexity index is 533. The second-order valence-corrected chi connectivity index (χ2v) is 3.92. The van der Waals surface area contributed by atoms with Crippen molar-refractivity contribution < 1.29 is 32.7 Å². The third-order valence-corrected chi connectivity index (χ3v) is 2.20. The Balaban J connectivity index is 2.51. The lowest BCUT2D eigenvalue weighted by molar-refractivity contribution is -0.384. The van der Waals surface area contributed by atoms with Gasteiger partial charge >= 0.3 is 6.18 Å². The summed E-state index contributed by atoms with van der Waals surface area (Å²) in [6.45, 7) is -1.94. The van der Waals surface area contributed by atoms with Gasteiger partial charge in [-0.1, -0.05) is 0 Å². The van der Waals surface area contributed by atoms with Crippen molar-refractivity contribution in [2.24, 2.45) is 0 Å². The zero-order valence-electron chi connectivity index (χ0n) is 10.5. The van der Waals surface area contributed by atoms with E-state index in [0.29, 0.717) is 0 Å². The van der Waals surface area contributed by atoms with Crippen molar-refractivity contribution in [3.63, 3.8) is 0 Å². The van der Waals surface area contributed by atoms with E-state index in [1.165, 1.54) is 0 Å². The first-order valence-corrected chi connectivity index (χ1v) is 5.61. The van der Waals surface area contributed by atoms with Crippen molar-refractivity contribution in [3.05, 3.63) is 28.3 Å². The van der Waals surface area contributed by atoms with Crippen molar-refractivity contribution in [1.82, 2.24) is 0 Å². The largest absolute Gasteiger partial charge is 0.506 e. The molecule has 2 N–H and O–H groups in total. The van der Waals surface area contributed by atoms with Crippen LogP contribution >= 0.6 is 0 Å². The van der Waals surface area contributed by atoms with Gasteiger partial charge < -0.3 is 15.2 Å². The summed E-state index contributed by atoms with van der Waals surface area (Å²) in [5.74, 6) is -1.14. The molecule has 0 atom stereocenters. The predicted octanol–water partition coefficient (Wildman–Crippen LogP) is 2.21. The number of halogens is 3. The first-order valence-electron chi connectivity index (χ1n) is 5.61. The van der Waals surface area contributed by atoms with Crippen LogP contribution in [0, 0.1) is 10.1 Å². The van der Waals surface area contributed by atoms with Crippen molar-refractivity contribution >= 4 is 17.3 Å². The number of nitrogens with zero attached hydrogens (tertiary/aromatic N) is 1. The van der Waals surface area contributed by atoms with Gasteiger partial charge in [-0.25, -0.2) is 0 Å². The molecule has 116 valence electrons. The number of phenols is 1. The molecule has 0 saturated carbocycles. The van der Waals surface area contributed by atoms with E-state index in [2.05, 4.69) is 10.1 Å². The number of alkyl halides is 3. The molecular weight excluding hydrogens is 297 g/mol. The number of nitro benzene ring substituents is 1. The van der Waals surface area contributed by atoms with Crippen LogP contribution in [0.2, 0.25) is 0 Å². The van der Waals surface area contributed by atoms with Crippen molar-refractivity contribution in [3.8, 4) is 5.75 Å². The molecule has 0 bridgehead atoms. The van der Waals surface area contributed by atoms with Gasteiger partial charge in [0.2, 0.25) is 5.91 Å². The first kappa shape index (κ1) is 16.7. The van der Waals surface area contributed by atoms with E-state index in [0.717, 1.165) is 18.2 Å². The lowest BCUT2D eigenvalue weighted by atomic mass is 10.2. The highest BCUT2D eigenvalue weighted by Crippen LogP contribution is 2.27. The Hall–Kier alpha value is -2.36. The standard InChI is InChI=1S/C11H11F3N2O5/c12-11(13,14)6-21-4-3-10(18)15-8-5-7(16(19)20)1-2-9(8)17/h1-2,5,17H,3-4,6H2,(H,15,18). The molecule has 10 heteroatoms. The molecular formula is C11H11F3N2O5. The summed E-state index contributed by atoms with van der Waals surface area (Å²) < 4.78 is 39.6. The number of amides is 1. The van der Waals surface area contributed by atoms with Gasteiger partial charge in [0.1, 0.15) is 12.4 Å². The zero-order chi connectivity index (χ0) is 16.0. The zero-order valence-corrected chi connectivity index (χ0v) is 10.5. The van der Waals surface area contributed by atoms with Gasteiger partial charge in [0.05, 0.1) is 23.6 Å². The minimum Gasteiger partial charge on any atom is -0.506 e. The summed E-state index contributed by atoms with van der Waals surface area (Å²) in [7, 11) is 0. The molecule has 1 rings (SSSR count). The molecule has 0 aliphatic rings. The molecule has 21 heavy (non-hydrogen) atoms. The third kappa shape index (κ3) is 6.08. The maximum atomic E-state index is 11.8. The maximum Gasteiger partial charge on any atom is 0.411 e. The number of carbonyl (C=O) groups excluding carboxylic acids is 1. The molecule has 0 aliphatic heterocycles. The minimum atomic E-state index is -4.48.